The van der Waals surface area contributed by atoms with Crippen LogP contribution in [-0.2, 0) is 16.6 Å². The van der Waals surface area contributed by atoms with Crippen LogP contribution in [-0.4, -0.2) is 32.9 Å². The van der Waals surface area contributed by atoms with E-state index in [0.717, 1.165) is 16.9 Å². The van der Waals surface area contributed by atoms with E-state index in [1.807, 2.05) is 50.2 Å². The van der Waals surface area contributed by atoms with Gasteiger partial charge in [0.1, 0.15) is 5.75 Å². The number of benzene rings is 3. The van der Waals surface area contributed by atoms with Crippen LogP contribution in [0.3, 0.4) is 0 Å². The van der Waals surface area contributed by atoms with Crippen LogP contribution in [0, 0.1) is 6.92 Å². The van der Waals surface area contributed by atoms with E-state index in [4.69, 9.17) is 4.74 Å². The molecule has 0 atom stereocenters. The lowest BCUT2D eigenvalue weighted by Crippen LogP contribution is -2.26. The molecule has 7 heteroatoms. The van der Waals surface area contributed by atoms with Crippen molar-refractivity contribution < 1.29 is 17.9 Å². The molecule has 1 N–H and O–H groups in total. The molecule has 0 fully saturated rings. The van der Waals surface area contributed by atoms with Gasteiger partial charge in [-0.15, -0.1) is 0 Å². The number of nitrogens with zero attached hydrogens (tertiary/aromatic N) is 1. The van der Waals surface area contributed by atoms with Gasteiger partial charge in [-0.1, -0.05) is 42.0 Å². The second kappa shape index (κ2) is 9.66. The summed E-state index contributed by atoms with van der Waals surface area (Å²) in [7, 11) is -2.14. The van der Waals surface area contributed by atoms with E-state index in [9.17, 15) is 13.2 Å². The summed E-state index contributed by atoms with van der Waals surface area (Å²) in [5.74, 6) is 0.446. The van der Waals surface area contributed by atoms with E-state index in [0.29, 0.717) is 24.4 Å². The zero-order valence-electron chi connectivity index (χ0n) is 17.8. The Kier molecular flexibility index (Phi) is 6.97. The molecule has 0 saturated carbocycles. The first-order chi connectivity index (χ1) is 14.8. The molecule has 0 bridgehead atoms. The standard InChI is InChI=1S/C24H26N2O4S/c1-4-30-23-11-6-5-8-20(23)17-26(3)24(27)19-9-7-10-22(16-19)31(28,29)25-21-14-12-18(2)13-15-21/h5-16,25H,4,17H2,1-3H3. The van der Waals surface area contributed by atoms with Crippen LogP contribution in [0.15, 0.2) is 77.7 Å². The number of sulfonamides is 1. The van der Waals surface area contributed by atoms with Crippen molar-refractivity contribution in [3.05, 3.63) is 89.5 Å². The Labute approximate surface area is 183 Å². The summed E-state index contributed by atoms with van der Waals surface area (Å²) in [6, 6.07) is 20.6. The fourth-order valence-electron chi connectivity index (χ4n) is 3.11. The lowest BCUT2D eigenvalue weighted by molar-refractivity contribution is 0.0783. The number of ether oxygens (including phenoxy) is 1. The summed E-state index contributed by atoms with van der Waals surface area (Å²) in [5, 5.41) is 0. The molecule has 0 spiro atoms. The van der Waals surface area contributed by atoms with Gasteiger partial charge in [-0.05, 0) is 50.2 Å². The van der Waals surface area contributed by atoms with Crippen LogP contribution in [0.1, 0.15) is 28.4 Å². The van der Waals surface area contributed by atoms with Gasteiger partial charge in [0.15, 0.2) is 0 Å². The maximum Gasteiger partial charge on any atom is 0.261 e. The largest absolute Gasteiger partial charge is 0.494 e. The van der Waals surface area contributed by atoms with Crippen molar-refractivity contribution in [1.29, 1.82) is 0 Å². The molecule has 3 rings (SSSR count). The minimum Gasteiger partial charge on any atom is -0.494 e. The summed E-state index contributed by atoms with van der Waals surface area (Å²) < 4.78 is 33.7. The van der Waals surface area contributed by atoms with E-state index < -0.39 is 10.0 Å². The maximum absolute atomic E-state index is 13.0. The maximum atomic E-state index is 13.0. The molecule has 0 heterocycles. The second-order valence-electron chi connectivity index (χ2n) is 7.20. The van der Waals surface area contributed by atoms with Crippen molar-refractivity contribution in [2.75, 3.05) is 18.4 Å². The number of para-hydroxylation sites is 1. The summed E-state index contributed by atoms with van der Waals surface area (Å²) in [4.78, 5) is 14.5. The highest BCUT2D eigenvalue weighted by Gasteiger charge is 2.19. The zero-order chi connectivity index (χ0) is 22.4. The Morgan fingerprint density at radius 1 is 1.00 bits per heavy atom. The van der Waals surface area contributed by atoms with Crippen molar-refractivity contribution in [1.82, 2.24) is 4.90 Å². The Morgan fingerprint density at radius 3 is 2.42 bits per heavy atom. The lowest BCUT2D eigenvalue weighted by Gasteiger charge is -2.19. The third-order valence-electron chi connectivity index (χ3n) is 4.72. The number of nitrogens with one attached hydrogen (secondary N) is 1. The van der Waals surface area contributed by atoms with Crippen molar-refractivity contribution in [2.45, 2.75) is 25.3 Å². The third-order valence-corrected chi connectivity index (χ3v) is 6.10. The molecular formula is C24H26N2O4S. The predicted molar refractivity (Wildman–Crippen MR) is 122 cm³/mol. The monoisotopic (exact) mass is 438 g/mol. The molecule has 0 aliphatic carbocycles. The third kappa shape index (κ3) is 5.64. The molecule has 3 aromatic carbocycles. The van der Waals surface area contributed by atoms with E-state index in [-0.39, 0.29) is 10.8 Å². The normalized spacial score (nSPS) is 11.1. The molecule has 0 aliphatic heterocycles. The smallest absolute Gasteiger partial charge is 0.261 e. The fourth-order valence-corrected chi connectivity index (χ4v) is 4.21. The van der Waals surface area contributed by atoms with Crippen LogP contribution in [0.25, 0.3) is 0 Å². The molecule has 0 unspecified atom stereocenters. The topological polar surface area (TPSA) is 75.7 Å². The highest BCUT2D eigenvalue weighted by atomic mass is 32.2. The van der Waals surface area contributed by atoms with E-state index in [2.05, 4.69) is 4.72 Å². The molecule has 1 amide bonds. The Balaban J connectivity index is 1.78. The molecule has 31 heavy (non-hydrogen) atoms. The summed E-state index contributed by atoms with van der Waals surface area (Å²) >= 11 is 0. The van der Waals surface area contributed by atoms with Gasteiger partial charge in [0.25, 0.3) is 15.9 Å². The van der Waals surface area contributed by atoms with E-state index >= 15 is 0 Å². The Hall–Kier alpha value is -3.32. The minimum atomic E-state index is -3.82. The molecule has 0 radical (unpaired) electrons. The van der Waals surface area contributed by atoms with Gasteiger partial charge < -0.3 is 9.64 Å². The van der Waals surface area contributed by atoms with Crippen molar-refractivity contribution in [2.24, 2.45) is 0 Å². The number of carbonyl (C=O) groups is 1. The average Bonchev–Trinajstić information content (AvgIpc) is 2.76. The Morgan fingerprint density at radius 2 is 1.71 bits per heavy atom. The van der Waals surface area contributed by atoms with Gasteiger partial charge >= 0.3 is 0 Å². The molecule has 162 valence electrons. The van der Waals surface area contributed by atoms with Crippen LogP contribution in [0.4, 0.5) is 5.69 Å². The molecule has 3 aromatic rings. The zero-order valence-corrected chi connectivity index (χ0v) is 18.6. The number of amides is 1. The SMILES string of the molecule is CCOc1ccccc1CN(C)C(=O)c1cccc(S(=O)(=O)Nc2ccc(C)cc2)c1. The molecular weight excluding hydrogens is 412 g/mol. The number of aryl methyl sites for hydroxylation is 1. The predicted octanol–water partition coefficient (Wildman–Crippen LogP) is 4.47. The van der Waals surface area contributed by atoms with Gasteiger partial charge in [0.2, 0.25) is 0 Å². The highest BCUT2D eigenvalue weighted by Crippen LogP contribution is 2.22. The summed E-state index contributed by atoms with van der Waals surface area (Å²) in [6.45, 7) is 4.70. The molecule has 6 nitrogen and oxygen atoms in total. The minimum absolute atomic E-state index is 0.0297. The highest BCUT2D eigenvalue weighted by molar-refractivity contribution is 7.92. The van der Waals surface area contributed by atoms with E-state index in [1.54, 1.807) is 31.3 Å². The first kappa shape index (κ1) is 22.4. The first-order valence-electron chi connectivity index (χ1n) is 9.96. The van der Waals surface area contributed by atoms with Crippen molar-refractivity contribution in [3.63, 3.8) is 0 Å². The number of hydrogen-bond donors (Lipinski definition) is 1. The van der Waals surface area contributed by atoms with Crippen molar-refractivity contribution >= 4 is 21.6 Å². The number of rotatable bonds is 8. The van der Waals surface area contributed by atoms with Gasteiger partial charge in [-0.25, -0.2) is 8.42 Å². The number of anilines is 1. The van der Waals surface area contributed by atoms with Gasteiger partial charge in [0.05, 0.1) is 11.5 Å². The first-order valence-corrected chi connectivity index (χ1v) is 11.4. The number of carbonyl (C=O) groups excluding carboxylic acids is 1. The number of hydrogen-bond acceptors (Lipinski definition) is 4. The summed E-state index contributed by atoms with van der Waals surface area (Å²) in [5.41, 5.74) is 2.67. The van der Waals surface area contributed by atoms with Crippen molar-refractivity contribution in [3.8, 4) is 5.75 Å². The van der Waals surface area contributed by atoms with Crippen LogP contribution in [0.5, 0.6) is 5.75 Å². The Bertz CT molecular complexity index is 1160. The quantitative estimate of drug-likeness (QED) is 0.563. The average molecular weight is 439 g/mol. The molecule has 0 saturated heterocycles. The van der Waals surface area contributed by atoms with Gasteiger partial charge in [-0.2, -0.15) is 0 Å². The molecule has 0 aromatic heterocycles. The van der Waals surface area contributed by atoms with Crippen LogP contribution in [0.2, 0.25) is 0 Å². The summed E-state index contributed by atoms with van der Waals surface area (Å²) in [6.07, 6.45) is 0. The van der Waals surface area contributed by atoms with E-state index in [1.165, 1.54) is 17.0 Å². The van der Waals surface area contributed by atoms with Crippen LogP contribution >= 0.6 is 0 Å². The van der Waals surface area contributed by atoms with Gasteiger partial charge in [-0.3, -0.25) is 9.52 Å². The second-order valence-corrected chi connectivity index (χ2v) is 8.88. The van der Waals surface area contributed by atoms with Crippen LogP contribution < -0.4 is 9.46 Å². The lowest BCUT2D eigenvalue weighted by atomic mass is 10.1. The van der Waals surface area contributed by atoms with Gasteiger partial charge in [0, 0.05) is 30.4 Å². The fraction of sp³-hybridized carbons (Fsp3) is 0.208. The molecule has 0 aliphatic rings.